The highest BCUT2D eigenvalue weighted by atomic mass is 32.2. The van der Waals surface area contributed by atoms with Gasteiger partial charge < -0.3 is 9.64 Å². The SMILES string of the molecule is C[C@@H](NS(=O)(=O)CCCC1CC2C(=O)NC(=O)N2C1)c1ccc(F)c(OCC2CC2)c1. The van der Waals surface area contributed by atoms with Crippen molar-refractivity contribution in [1.82, 2.24) is 14.9 Å². The van der Waals surface area contributed by atoms with Crippen molar-refractivity contribution in [1.29, 1.82) is 0 Å². The number of ether oxygens (including phenoxy) is 1. The summed E-state index contributed by atoms with van der Waals surface area (Å²) >= 11 is 0. The van der Waals surface area contributed by atoms with Gasteiger partial charge in [0, 0.05) is 12.6 Å². The molecule has 3 aliphatic rings. The van der Waals surface area contributed by atoms with Crippen LogP contribution in [0.1, 0.15) is 50.6 Å². The molecule has 2 saturated heterocycles. The van der Waals surface area contributed by atoms with Crippen molar-refractivity contribution in [2.45, 2.75) is 51.1 Å². The van der Waals surface area contributed by atoms with Crippen molar-refractivity contribution in [2.24, 2.45) is 11.8 Å². The van der Waals surface area contributed by atoms with E-state index in [4.69, 9.17) is 4.74 Å². The van der Waals surface area contributed by atoms with Crippen molar-refractivity contribution in [3.63, 3.8) is 0 Å². The Hall–Kier alpha value is -2.20. The van der Waals surface area contributed by atoms with Crippen molar-refractivity contribution in [2.75, 3.05) is 18.9 Å². The average molecular weight is 454 g/mol. The summed E-state index contributed by atoms with van der Waals surface area (Å²) in [5.41, 5.74) is 0.636. The Morgan fingerprint density at radius 2 is 2.06 bits per heavy atom. The summed E-state index contributed by atoms with van der Waals surface area (Å²) in [6.07, 6.45) is 3.82. The molecule has 0 radical (unpaired) electrons. The number of hydrogen-bond acceptors (Lipinski definition) is 5. The van der Waals surface area contributed by atoms with Gasteiger partial charge in [0.2, 0.25) is 10.0 Å². The minimum Gasteiger partial charge on any atom is -0.490 e. The number of hydrogen-bond donors (Lipinski definition) is 2. The van der Waals surface area contributed by atoms with E-state index in [1.807, 2.05) is 0 Å². The Morgan fingerprint density at radius 1 is 1.29 bits per heavy atom. The molecule has 2 aliphatic heterocycles. The van der Waals surface area contributed by atoms with E-state index in [1.54, 1.807) is 19.1 Å². The summed E-state index contributed by atoms with van der Waals surface area (Å²) in [4.78, 5) is 24.9. The van der Waals surface area contributed by atoms with Gasteiger partial charge in [-0.3, -0.25) is 10.1 Å². The standard InChI is InChI=1S/C21H28FN3O5S/c1-13(16-6-7-17(22)19(10-16)30-12-14-4-5-14)24-31(28,29)8-2-3-15-9-18-20(26)23-21(27)25(18)11-15/h6-7,10,13-15,18,24H,2-5,8-9,11-12H2,1H3,(H,23,26,27)/t13-,15?,18?/m1/s1. The molecule has 3 atom stereocenters. The first kappa shape index (κ1) is 22.0. The zero-order valence-corrected chi connectivity index (χ0v) is 18.3. The number of carbonyl (C=O) groups excluding carboxylic acids is 2. The largest absolute Gasteiger partial charge is 0.490 e. The van der Waals surface area contributed by atoms with E-state index in [1.165, 1.54) is 11.0 Å². The number of fused-ring (bicyclic) bond motifs is 1. The number of carbonyl (C=O) groups is 2. The topological polar surface area (TPSA) is 105 Å². The van der Waals surface area contributed by atoms with Crippen LogP contribution < -0.4 is 14.8 Å². The molecular formula is C21H28FN3O5S. The van der Waals surface area contributed by atoms with E-state index in [9.17, 15) is 22.4 Å². The molecule has 2 unspecified atom stereocenters. The van der Waals surface area contributed by atoms with Crippen LogP contribution in [0.5, 0.6) is 5.75 Å². The number of rotatable bonds is 10. The van der Waals surface area contributed by atoms with Gasteiger partial charge in [0.15, 0.2) is 11.6 Å². The van der Waals surface area contributed by atoms with Gasteiger partial charge in [-0.15, -0.1) is 0 Å². The van der Waals surface area contributed by atoms with Crippen molar-refractivity contribution >= 4 is 22.0 Å². The van der Waals surface area contributed by atoms with E-state index in [0.717, 1.165) is 12.8 Å². The molecule has 2 N–H and O–H groups in total. The Balaban J connectivity index is 1.26. The van der Waals surface area contributed by atoms with E-state index in [0.29, 0.717) is 43.9 Å². The summed E-state index contributed by atoms with van der Waals surface area (Å²) in [5, 5.41) is 2.29. The lowest BCUT2D eigenvalue weighted by Gasteiger charge is -2.17. The monoisotopic (exact) mass is 453 g/mol. The molecule has 1 aromatic rings. The number of benzene rings is 1. The quantitative estimate of drug-likeness (QED) is 0.529. The summed E-state index contributed by atoms with van der Waals surface area (Å²) in [6, 6.07) is 3.11. The maximum Gasteiger partial charge on any atom is 0.324 e. The molecular weight excluding hydrogens is 425 g/mol. The second-order valence-electron chi connectivity index (χ2n) is 8.81. The minimum absolute atomic E-state index is 0.0507. The van der Waals surface area contributed by atoms with Crippen LogP contribution in [-0.4, -0.2) is 50.2 Å². The van der Waals surface area contributed by atoms with Gasteiger partial charge in [-0.1, -0.05) is 6.07 Å². The number of nitrogens with one attached hydrogen (secondary N) is 2. The Bertz CT molecular complexity index is 944. The molecule has 170 valence electrons. The first-order chi connectivity index (χ1) is 14.7. The van der Waals surface area contributed by atoms with Gasteiger partial charge in [0.1, 0.15) is 6.04 Å². The third-order valence-electron chi connectivity index (χ3n) is 6.19. The summed E-state index contributed by atoms with van der Waals surface area (Å²) in [7, 11) is -3.54. The number of amides is 3. The molecule has 4 rings (SSSR count). The van der Waals surface area contributed by atoms with Crippen LogP contribution >= 0.6 is 0 Å². The smallest absolute Gasteiger partial charge is 0.324 e. The van der Waals surface area contributed by atoms with Gasteiger partial charge in [-0.25, -0.2) is 22.3 Å². The van der Waals surface area contributed by atoms with Crippen molar-refractivity contribution in [3.05, 3.63) is 29.6 Å². The molecule has 1 aliphatic carbocycles. The molecule has 0 aromatic heterocycles. The fourth-order valence-corrected chi connectivity index (χ4v) is 5.56. The number of imide groups is 1. The zero-order valence-electron chi connectivity index (χ0n) is 17.5. The van der Waals surface area contributed by atoms with Crippen LogP contribution in [-0.2, 0) is 14.8 Å². The molecule has 10 heteroatoms. The molecule has 1 saturated carbocycles. The molecule has 31 heavy (non-hydrogen) atoms. The average Bonchev–Trinajstić information content (AvgIpc) is 3.37. The fraction of sp³-hybridized carbons (Fsp3) is 0.619. The summed E-state index contributed by atoms with van der Waals surface area (Å²) in [5.74, 6) is -0.0150. The first-order valence-corrected chi connectivity index (χ1v) is 12.4. The maximum absolute atomic E-state index is 14.0. The van der Waals surface area contributed by atoms with E-state index in [2.05, 4.69) is 10.0 Å². The zero-order chi connectivity index (χ0) is 22.2. The summed E-state index contributed by atoms with van der Waals surface area (Å²) < 4.78 is 47.2. The molecule has 3 fully saturated rings. The molecule has 2 heterocycles. The van der Waals surface area contributed by atoms with Crippen LogP contribution in [0.15, 0.2) is 18.2 Å². The van der Waals surface area contributed by atoms with Crippen LogP contribution in [0.3, 0.4) is 0 Å². The third-order valence-corrected chi connectivity index (χ3v) is 7.73. The molecule has 1 aromatic carbocycles. The van der Waals surface area contributed by atoms with E-state index < -0.39 is 27.9 Å². The number of urea groups is 1. The Kier molecular flexibility index (Phi) is 6.20. The van der Waals surface area contributed by atoms with Crippen molar-refractivity contribution in [3.8, 4) is 5.75 Å². The van der Waals surface area contributed by atoms with E-state index >= 15 is 0 Å². The van der Waals surface area contributed by atoms with E-state index in [-0.39, 0.29) is 29.4 Å². The summed E-state index contributed by atoms with van der Waals surface area (Å²) in [6.45, 7) is 2.67. The lowest BCUT2D eigenvalue weighted by Crippen LogP contribution is -2.30. The second kappa shape index (κ2) is 8.74. The third kappa shape index (κ3) is 5.35. The van der Waals surface area contributed by atoms with Crippen molar-refractivity contribution < 1.29 is 27.1 Å². The highest BCUT2D eigenvalue weighted by Crippen LogP contribution is 2.32. The van der Waals surface area contributed by atoms with Crippen LogP contribution in [0.4, 0.5) is 9.18 Å². The second-order valence-corrected chi connectivity index (χ2v) is 10.7. The maximum atomic E-state index is 14.0. The normalized spacial score (nSPS) is 24.3. The van der Waals surface area contributed by atoms with Gasteiger partial charge in [0.25, 0.3) is 5.91 Å². The Morgan fingerprint density at radius 3 is 2.77 bits per heavy atom. The first-order valence-electron chi connectivity index (χ1n) is 10.8. The molecule has 8 nitrogen and oxygen atoms in total. The highest BCUT2D eigenvalue weighted by Gasteiger charge is 2.45. The predicted octanol–water partition coefficient (Wildman–Crippen LogP) is 2.32. The molecule has 0 bridgehead atoms. The van der Waals surface area contributed by atoms with Gasteiger partial charge in [-0.2, -0.15) is 0 Å². The van der Waals surface area contributed by atoms with Gasteiger partial charge in [0.05, 0.1) is 12.4 Å². The number of sulfonamides is 1. The Labute approximate surface area is 181 Å². The van der Waals surface area contributed by atoms with Crippen LogP contribution in [0.25, 0.3) is 0 Å². The predicted molar refractivity (Wildman–Crippen MR) is 111 cm³/mol. The number of nitrogens with zero attached hydrogens (tertiary/aromatic N) is 1. The lowest BCUT2D eigenvalue weighted by molar-refractivity contribution is -0.121. The molecule has 0 spiro atoms. The van der Waals surface area contributed by atoms with Crippen LogP contribution in [0.2, 0.25) is 0 Å². The molecule has 3 amide bonds. The minimum atomic E-state index is -3.54. The van der Waals surface area contributed by atoms with Crippen LogP contribution in [0, 0.1) is 17.7 Å². The number of halogens is 1. The lowest BCUT2D eigenvalue weighted by atomic mass is 10.0. The van der Waals surface area contributed by atoms with Gasteiger partial charge >= 0.3 is 6.03 Å². The highest BCUT2D eigenvalue weighted by molar-refractivity contribution is 7.89. The fourth-order valence-electron chi connectivity index (χ4n) is 4.22. The van der Waals surface area contributed by atoms with Gasteiger partial charge in [-0.05, 0) is 68.6 Å².